The number of fused-ring (bicyclic) bond motifs is 8. The first kappa shape index (κ1) is 67.8. The van der Waals surface area contributed by atoms with Gasteiger partial charge in [-0.2, -0.15) is 0 Å². The van der Waals surface area contributed by atoms with E-state index in [0.717, 1.165) is 127 Å². The third-order valence-electron chi connectivity index (χ3n) is 21.0. The highest BCUT2D eigenvalue weighted by molar-refractivity contribution is 6.21. The second-order valence-electron chi connectivity index (χ2n) is 30.7. The van der Waals surface area contributed by atoms with Crippen LogP contribution in [0.4, 0.5) is 51.2 Å². The molecule has 14 rings (SSSR count). The van der Waals surface area contributed by atoms with E-state index in [1.165, 1.54) is 46.9 Å². The predicted octanol–water partition coefficient (Wildman–Crippen LogP) is 20.6. The van der Waals surface area contributed by atoms with Crippen LogP contribution in [-0.2, 0) is 31.8 Å². The van der Waals surface area contributed by atoms with Gasteiger partial charge in [0.05, 0.1) is 92.1 Å². The molecule has 0 radical (unpaired) electrons. The Morgan fingerprint density at radius 1 is 0.398 bits per heavy atom. The van der Waals surface area contributed by atoms with Gasteiger partial charge >= 0.3 is 17.9 Å². The van der Waals surface area contributed by atoms with E-state index in [1.54, 1.807) is 24.3 Å². The zero-order valence-corrected chi connectivity index (χ0v) is 59.8. The second kappa shape index (κ2) is 25.3. The van der Waals surface area contributed by atoms with Gasteiger partial charge in [0.15, 0.2) is 0 Å². The van der Waals surface area contributed by atoms with Crippen LogP contribution in [0.25, 0.3) is 0 Å². The average Bonchev–Trinajstić information content (AvgIpc) is 1.22. The summed E-state index contributed by atoms with van der Waals surface area (Å²) in [5, 5.41) is 18.6. The van der Waals surface area contributed by atoms with Crippen molar-refractivity contribution in [3.8, 4) is 0 Å². The van der Waals surface area contributed by atoms with Crippen molar-refractivity contribution in [2.75, 3.05) is 43.0 Å². The molecule has 12 nitrogen and oxygen atoms in total. The van der Waals surface area contributed by atoms with Gasteiger partial charge in [0.25, 0.3) is 0 Å². The number of ether oxygens (including phenoxy) is 1. The van der Waals surface area contributed by atoms with Crippen LogP contribution in [0.3, 0.4) is 0 Å². The molecule has 0 amide bonds. The van der Waals surface area contributed by atoms with Crippen LogP contribution in [0.1, 0.15) is 205 Å². The molecule has 12 heteroatoms. The molecule has 0 fully saturated rings. The molecule has 0 saturated heterocycles. The van der Waals surface area contributed by atoms with Gasteiger partial charge in [-0.15, -0.1) is 0 Å². The molecule has 9 aromatic carbocycles. The molecular weight excluding hydrogens is 1210 g/mol. The fourth-order valence-electron chi connectivity index (χ4n) is 14.5. The van der Waals surface area contributed by atoms with Crippen LogP contribution in [0, 0.1) is 13.8 Å². The number of carbonyl (C=O) groups is 3. The van der Waals surface area contributed by atoms with Gasteiger partial charge in [0.1, 0.15) is 0 Å². The average molecular weight is 1300 g/mol. The summed E-state index contributed by atoms with van der Waals surface area (Å²) in [7, 11) is 7.72. The van der Waals surface area contributed by atoms with Crippen molar-refractivity contribution in [3.63, 3.8) is 0 Å². The van der Waals surface area contributed by atoms with Gasteiger partial charge in [-0.1, -0.05) is 143 Å². The lowest BCUT2D eigenvalue weighted by molar-refractivity contribution is 0.0599. The first-order chi connectivity index (χ1) is 46.2. The summed E-state index contributed by atoms with van der Waals surface area (Å²) in [4.78, 5) is 56.9. The van der Waals surface area contributed by atoms with Crippen molar-refractivity contribution in [2.45, 2.75) is 143 Å². The molecule has 3 heterocycles. The molecule has 0 atom stereocenters. The number of hydrogen-bond acceptors (Lipinski definition) is 10. The van der Waals surface area contributed by atoms with Crippen LogP contribution in [-0.4, -0.2) is 73.5 Å². The molecule has 98 heavy (non-hydrogen) atoms. The number of carboxylic acids is 2. The van der Waals surface area contributed by atoms with Crippen molar-refractivity contribution in [1.82, 2.24) is 0 Å². The number of aryl methyl sites for hydroxylation is 2. The van der Waals surface area contributed by atoms with Crippen LogP contribution >= 0.6 is 0 Å². The van der Waals surface area contributed by atoms with Gasteiger partial charge in [0.2, 0.25) is 0 Å². The number of aromatic carboxylic acids is 2. The quantitative estimate of drug-likeness (QED) is 0.155. The number of hydrogen-bond donors (Lipinski definition) is 2. The summed E-state index contributed by atoms with van der Waals surface area (Å²) >= 11 is 0. The number of carbonyl (C=O) groups excluding carboxylic acids is 1. The van der Waals surface area contributed by atoms with Gasteiger partial charge in [-0.05, 0) is 215 Å². The molecule has 2 aliphatic carbocycles. The maximum absolute atomic E-state index is 12.0. The molecule has 0 saturated carbocycles. The predicted molar refractivity (Wildman–Crippen MR) is 402 cm³/mol. The van der Waals surface area contributed by atoms with E-state index in [-0.39, 0.29) is 44.2 Å². The Hall–Kier alpha value is -10.2. The van der Waals surface area contributed by atoms with Crippen molar-refractivity contribution in [1.29, 1.82) is 0 Å². The number of rotatable bonds is 6. The summed E-state index contributed by atoms with van der Waals surface area (Å²) < 4.78 is 4.90. The molecule has 0 unspecified atom stereocenters. The summed E-state index contributed by atoms with van der Waals surface area (Å²) in [6.45, 7) is 29.6. The summed E-state index contributed by atoms with van der Waals surface area (Å²) in [5.74, 6) is -2.19. The first-order valence-electron chi connectivity index (χ1n) is 33.9. The second-order valence-corrected chi connectivity index (χ2v) is 30.7. The number of benzene rings is 9. The highest BCUT2D eigenvalue weighted by Gasteiger charge is 2.41. The van der Waals surface area contributed by atoms with Gasteiger partial charge < -0.3 is 29.6 Å². The third-order valence-corrected chi connectivity index (χ3v) is 21.0. The van der Waals surface area contributed by atoms with E-state index in [9.17, 15) is 24.6 Å². The maximum Gasteiger partial charge on any atom is 0.337 e. The first-order valence-corrected chi connectivity index (χ1v) is 33.9. The lowest BCUT2D eigenvalue weighted by Gasteiger charge is -2.43. The minimum Gasteiger partial charge on any atom is -0.478 e. The lowest BCUT2D eigenvalue weighted by atomic mass is 9.62. The third kappa shape index (κ3) is 12.8. The van der Waals surface area contributed by atoms with E-state index in [4.69, 9.17) is 19.7 Å². The molecule has 0 spiro atoms. The highest BCUT2D eigenvalue weighted by Crippen LogP contribution is 2.53. The minimum atomic E-state index is -0.931. The highest BCUT2D eigenvalue weighted by atomic mass is 16.5. The molecule has 3 aliphatic heterocycles. The Kier molecular flexibility index (Phi) is 17.5. The van der Waals surface area contributed by atoms with Crippen LogP contribution in [0.2, 0.25) is 0 Å². The van der Waals surface area contributed by atoms with Gasteiger partial charge in [-0.25, -0.2) is 29.4 Å². The lowest BCUT2D eigenvalue weighted by Crippen LogP contribution is -2.34. The monoisotopic (exact) mass is 1300 g/mol. The summed E-state index contributed by atoms with van der Waals surface area (Å²) in [6, 6.07) is 58.6. The summed E-state index contributed by atoms with van der Waals surface area (Å²) in [6.07, 6.45) is 4.62. The number of aliphatic imine (C=N–C) groups is 3. The van der Waals surface area contributed by atoms with Gasteiger partial charge in [0, 0.05) is 54.5 Å². The Morgan fingerprint density at radius 2 is 0.735 bits per heavy atom. The van der Waals surface area contributed by atoms with Gasteiger partial charge in [-0.3, -0.25) is 0 Å². The number of para-hydroxylation sites is 2. The van der Waals surface area contributed by atoms with Crippen LogP contribution < -0.4 is 14.7 Å². The number of methoxy groups -OCH3 is 1. The maximum atomic E-state index is 12.0. The van der Waals surface area contributed by atoms with Crippen molar-refractivity contribution in [2.24, 2.45) is 15.0 Å². The van der Waals surface area contributed by atoms with E-state index in [1.807, 2.05) is 66.7 Å². The summed E-state index contributed by atoms with van der Waals surface area (Å²) in [5.41, 5.74) is 28.7. The molecule has 500 valence electrons. The van der Waals surface area contributed by atoms with Crippen LogP contribution in [0.15, 0.2) is 191 Å². The Bertz CT molecular complexity index is 4790. The van der Waals surface area contributed by atoms with Crippen molar-refractivity contribution >= 4 is 86.2 Å². The molecular formula is C86H90N6O6. The molecule has 0 bridgehead atoms. The molecule has 0 aromatic heterocycles. The normalized spacial score (nSPS) is 16.3. The van der Waals surface area contributed by atoms with E-state index in [0.29, 0.717) is 5.56 Å². The fraction of sp³-hybridized carbons (Fsp3) is 0.302. The largest absolute Gasteiger partial charge is 0.478 e. The number of nitrogens with zero attached hydrogens (tertiary/aromatic N) is 6. The van der Waals surface area contributed by atoms with E-state index >= 15 is 0 Å². The van der Waals surface area contributed by atoms with E-state index in [2.05, 4.69) is 211 Å². The van der Waals surface area contributed by atoms with Crippen LogP contribution in [0.5, 0.6) is 0 Å². The zero-order chi connectivity index (χ0) is 70.3. The molecule has 9 aromatic rings. The number of esters is 1. The Labute approximate surface area is 578 Å². The smallest absolute Gasteiger partial charge is 0.337 e. The van der Waals surface area contributed by atoms with Crippen molar-refractivity contribution < 1.29 is 29.3 Å². The topological polar surface area (TPSA) is 148 Å². The Balaban J connectivity index is 0.000000141. The standard InChI is InChI=1S/C31H34N2O2.C30H32N2O2.C25H24N2O2/c1-19-8-13-26-25(16-19)32-28(20-9-11-21(12-10-20)29(34)35-7)22-17-23-24(18-27(22)33(26)6)31(4,5)15-14-30(23,2)3;1-18-7-12-25-24(15-18)31-27(19-8-10-20(11-9-19)28(33)34)21-16-22-23(17-26(21)32(25)6)30(4,5)14-13-29(22,2)3;1-25(2,3)18-13-14-21-19(15-18)23(16-9-11-17(12-10-16)24(28)29)26-20-7-5-6-8-22(20)27(21)4/h8-13,16-18H,14-15H2,1-7H3;7-12,15-17H,13-14H2,1-6H3,(H,33,34);5-15H,1-4H3,(H,28,29). The fourth-order valence-corrected chi connectivity index (χ4v) is 14.5. The number of anilines is 6. The van der Waals surface area contributed by atoms with Crippen molar-refractivity contribution in [3.05, 3.63) is 265 Å². The molecule has 2 N–H and O–H groups in total. The zero-order valence-electron chi connectivity index (χ0n) is 59.8. The number of carboxylic acid groups (broad SMARTS) is 2. The SMILES string of the molecule is CN1c2ccccc2N=C(c2ccc(C(=O)O)cc2)c2cc(C(C)(C)C)ccc21.COC(=O)c1ccc(C2=Nc3cc(C)ccc3N(C)c3cc4c(cc32)C(C)(C)CCC4(C)C)cc1.Cc1ccc2c(c1)N=C(c1ccc(C(=O)O)cc1)c1cc3c(cc1N2C)C(C)(C)CCC3(C)C. The van der Waals surface area contributed by atoms with E-state index < -0.39 is 11.9 Å². The Morgan fingerprint density at radius 3 is 1.12 bits per heavy atom. The minimum absolute atomic E-state index is 0.00499. The molecule has 5 aliphatic rings.